The summed E-state index contributed by atoms with van der Waals surface area (Å²) in [5, 5.41) is 10.2. The van der Waals surface area contributed by atoms with Gasteiger partial charge in [0.05, 0.1) is 6.26 Å². The Kier molecular flexibility index (Phi) is 4.02. The van der Waals surface area contributed by atoms with Crippen molar-refractivity contribution in [2.75, 3.05) is 16.3 Å². The van der Waals surface area contributed by atoms with Gasteiger partial charge in [-0.1, -0.05) is 29.5 Å². The van der Waals surface area contributed by atoms with Crippen molar-refractivity contribution < 1.29 is 17.6 Å². The van der Waals surface area contributed by atoms with Gasteiger partial charge in [-0.3, -0.25) is 9.52 Å². The van der Waals surface area contributed by atoms with E-state index in [-0.39, 0.29) is 33.8 Å². The van der Waals surface area contributed by atoms with Crippen LogP contribution in [0.2, 0.25) is 0 Å². The predicted octanol–water partition coefficient (Wildman–Crippen LogP) is 1.79. The van der Waals surface area contributed by atoms with E-state index in [1.165, 1.54) is 6.07 Å². The molecule has 0 saturated heterocycles. The van der Waals surface area contributed by atoms with E-state index in [0.717, 1.165) is 17.6 Å². The van der Waals surface area contributed by atoms with Gasteiger partial charge in [-0.25, -0.2) is 12.8 Å². The van der Waals surface area contributed by atoms with Gasteiger partial charge >= 0.3 is 0 Å². The highest BCUT2D eigenvalue weighted by atomic mass is 32.2. The van der Waals surface area contributed by atoms with Crippen LogP contribution in [0, 0.1) is 11.7 Å². The lowest BCUT2D eigenvalue weighted by Gasteiger charge is -2.02. The molecule has 1 aliphatic rings. The van der Waals surface area contributed by atoms with Crippen molar-refractivity contribution >= 4 is 37.5 Å². The van der Waals surface area contributed by atoms with E-state index in [9.17, 15) is 17.6 Å². The quantitative estimate of drug-likeness (QED) is 0.850. The molecule has 0 radical (unpaired) electrons. The molecule has 0 spiro atoms. The molecule has 122 valence electrons. The maximum absolute atomic E-state index is 13.7. The molecule has 2 unspecified atom stereocenters. The third-order valence-electron chi connectivity index (χ3n) is 3.36. The lowest BCUT2D eigenvalue weighted by molar-refractivity contribution is -0.117. The highest BCUT2D eigenvalue weighted by Crippen LogP contribution is 2.48. The smallest absolute Gasteiger partial charge is 0.231 e. The molecule has 1 saturated carbocycles. The highest BCUT2D eigenvalue weighted by molar-refractivity contribution is 7.92. The topological polar surface area (TPSA) is 101 Å². The molecule has 1 aromatic carbocycles. The predicted molar refractivity (Wildman–Crippen MR) is 84.3 cm³/mol. The first-order chi connectivity index (χ1) is 10.8. The molecule has 0 aliphatic heterocycles. The van der Waals surface area contributed by atoms with Gasteiger partial charge in [0.1, 0.15) is 5.82 Å². The molecule has 0 bridgehead atoms. The molecule has 1 amide bonds. The Hall–Kier alpha value is -2.07. The average Bonchev–Trinajstić information content (AvgIpc) is 3.14. The van der Waals surface area contributed by atoms with Crippen molar-refractivity contribution in [2.45, 2.75) is 12.3 Å². The lowest BCUT2D eigenvalue weighted by Crippen LogP contribution is -2.14. The number of halogens is 1. The third-order valence-corrected chi connectivity index (χ3v) is 4.81. The number of carbonyl (C=O) groups excluding carboxylic acids is 1. The van der Waals surface area contributed by atoms with Crippen LogP contribution in [-0.4, -0.2) is 30.8 Å². The maximum Gasteiger partial charge on any atom is 0.231 e. The van der Waals surface area contributed by atoms with Crippen molar-refractivity contribution in [3.63, 3.8) is 0 Å². The number of carbonyl (C=O) groups is 1. The summed E-state index contributed by atoms with van der Waals surface area (Å²) in [6.45, 7) is 0. The molecule has 7 nitrogen and oxygen atoms in total. The van der Waals surface area contributed by atoms with Crippen molar-refractivity contribution in [3.8, 4) is 0 Å². The van der Waals surface area contributed by atoms with E-state index in [2.05, 4.69) is 20.2 Å². The fourth-order valence-electron chi connectivity index (χ4n) is 2.28. The van der Waals surface area contributed by atoms with Crippen LogP contribution in [0.5, 0.6) is 0 Å². The molecule has 1 heterocycles. The zero-order chi connectivity index (χ0) is 16.6. The fraction of sp³-hybridized carbons (Fsp3) is 0.308. The molecular weight excluding hydrogens is 343 g/mol. The standard InChI is InChI=1S/C13H13FN4O3S2/c1-23(20,21)18-13-17-16-12(22-13)15-11(19)9-6-8(9)7-4-2-3-5-10(7)14/h2-5,8-9H,6H2,1H3,(H,17,18)(H,15,16,19). The first kappa shape index (κ1) is 15.8. The number of benzene rings is 1. The van der Waals surface area contributed by atoms with Gasteiger partial charge in [0.15, 0.2) is 0 Å². The van der Waals surface area contributed by atoms with Crippen LogP contribution in [0.3, 0.4) is 0 Å². The van der Waals surface area contributed by atoms with Crippen LogP contribution in [0.1, 0.15) is 17.9 Å². The largest absolute Gasteiger partial charge is 0.300 e. The lowest BCUT2D eigenvalue weighted by atomic mass is 10.1. The number of nitrogens with zero attached hydrogens (tertiary/aromatic N) is 2. The Morgan fingerprint density at radius 2 is 2.00 bits per heavy atom. The van der Waals surface area contributed by atoms with E-state index in [1.807, 2.05) is 0 Å². The Bertz CT molecular complexity index is 852. The van der Waals surface area contributed by atoms with E-state index in [0.29, 0.717) is 12.0 Å². The first-order valence-corrected chi connectivity index (χ1v) is 9.41. The summed E-state index contributed by atoms with van der Waals surface area (Å²) in [4.78, 5) is 12.1. The third kappa shape index (κ3) is 3.82. The van der Waals surface area contributed by atoms with Gasteiger partial charge in [0, 0.05) is 5.92 Å². The molecular formula is C13H13FN4O3S2. The number of aromatic nitrogens is 2. The second kappa shape index (κ2) is 5.85. The number of hydrogen-bond donors (Lipinski definition) is 2. The van der Waals surface area contributed by atoms with E-state index >= 15 is 0 Å². The van der Waals surface area contributed by atoms with Crippen LogP contribution in [0.4, 0.5) is 14.7 Å². The molecule has 1 aromatic heterocycles. The Morgan fingerprint density at radius 3 is 2.70 bits per heavy atom. The molecule has 2 aromatic rings. The van der Waals surface area contributed by atoms with Gasteiger partial charge in [0.2, 0.25) is 26.2 Å². The molecule has 10 heteroatoms. The number of sulfonamides is 1. The number of anilines is 2. The summed E-state index contributed by atoms with van der Waals surface area (Å²) in [7, 11) is -3.44. The normalized spacial score (nSPS) is 20.1. The summed E-state index contributed by atoms with van der Waals surface area (Å²) < 4.78 is 38.0. The van der Waals surface area contributed by atoms with Crippen LogP contribution in [-0.2, 0) is 14.8 Å². The first-order valence-electron chi connectivity index (χ1n) is 6.70. The van der Waals surface area contributed by atoms with Gasteiger partial charge in [-0.05, 0) is 24.0 Å². The number of rotatable bonds is 5. The zero-order valence-corrected chi connectivity index (χ0v) is 13.6. The zero-order valence-electron chi connectivity index (χ0n) is 12.0. The van der Waals surface area contributed by atoms with E-state index in [1.54, 1.807) is 18.2 Å². The van der Waals surface area contributed by atoms with Crippen LogP contribution in [0.15, 0.2) is 24.3 Å². The fourth-order valence-corrected chi connectivity index (χ4v) is 3.75. The summed E-state index contributed by atoms with van der Waals surface area (Å²) >= 11 is 0.915. The minimum absolute atomic E-state index is 0.0734. The van der Waals surface area contributed by atoms with E-state index < -0.39 is 10.0 Å². The summed E-state index contributed by atoms with van der Waals surface area (Å²) in [5.41, 5.74) is 0.532. The molecule has 1 fully saturated rings. The van der Waals surface area contributed by atoms with Crippen LogP contribution >= 0.6 is 11.3 Å². The highest BCUT2D eigenvalue weighted by Gasteiger charge is 2.45. The molecule has 3 rings (SSSR count). The monoisotopic (exact) mass is 356 g/mol. The average molecular weight is 356 g/mol. The van der Waals surface area contributed by atoms with Gasteiger partial charge in [-0.2, -0.15) is 0 Å². The number of hydrogen-bond acceptors (Lipinski definition) is 6. The van der Waals surface area contributed by atoms with Gasteiger partial charge < -0.3 is 5.32 Å². The summed E-state index contributed by atoms with van der Waals surface area (Å²) in [6, 6.07) is 6.39. The Balaban J connectivity index is 1.62. The molecule has 23 heavy (non-hydrogen) atoms. The van der Waals surface area contributed by atoms with E-state index in [4.69, 9.17) is 0 Å². The number of nitrogens with one attached hydrogen (secondary N) is 2. The number of amides is 1. The second-order valence-electron chi connectivity index (χ2n) is 5.25. The van der Waals surface area contributed by atoms with Gasteiger partial charge in [-0.15, -0.1) is 10.2 Å². The Labute approximate surface area is 136 Å². The minimum atomic E-state index is -3.44. The van der Waals surface area contributed by atoms with Crippen molar-refractivity contribution in [1.82, 2.24) is 10.2 Å². The Morgan fingerprint density at radius 1 is 1.30 bits per heavy atom. The van der Waals surface area contributed by atoms with Crippen LogP contribution in [0.25, 0.3) is 0 Å². The second-order valence-corrected chi connectivity index (χ2v) is 7.97. The van der Waals surface area contributed by atoms with Gasteiger partial charge in [0.25, 0.3) is 0 Å². The molecule has 1 aliphatic carbocycles. The SMILES string of the molecule is CS(=O)(=O)Nc1nnc(NC(=O)C2CC2c2ccccc2F)s1. The molecule has 2 atom stereocenters. The summed E-state index contributed by atoms with van der Waals surface area (Å²) in [5.74, 6) is -1.05. The van der Waals surface area contributed by atoms with Crippen LogP contribution < -0.4 is 10.0 Å². The summed E-state index contributed by atoms with van der Waals surface area (Å²) in [6.07, 6.45) is 1.57. The maximum atomic E-state index is 13.7. The van der Waals surface area contributed by atoms with Crippen molar-refractivity contribution in [2.24, 2.45) is 5.92 Å². The van der Waals surface area contributed by atoms with Crippen molar-refractivity contribution in [1.29, 1.82) is 0 Å². The van der Waals surface area contributed by atoms with Crippen molar-refractivity contribution in [3.05, 3.63) is 35.6 Å². The minimum Gasteiger partial charge on any atom is -0.300 e. The molecule has 2 N–H and O–H groups in total.